The van der Waals surface area contributed by atoms with E-state index >= 15 is 0 Å². The molecule has 0 bridgehead atoms. The van der Waals surface area contributed by atoms with Crippen LogP contribution in [0.25, 0.3) is 10.8 Å². The lowest BCUT2D eigenvalue weighted by Gasteiger charge is -2.38. The summed E-state index contributed by atoms with van der Waals surface area (Å²) in [5.41, 5.74) is 3.68. The zero-order valence-corrected chi connectivity index (χ0v) is 18.3. The number of nitrogens with zero attached hydrogens (tertiary/aromatic N) is 5. The molecule has 6 heteroatoms. The number of rotatable bonds is 3. The Balaban J connectivity index is 1.42. The van der Waals surface area contributed by atoms with Gasteiger partial charge in [-0.1, -0.05) is 43.3 Å². The number of amides is 1. The van der Waals surface area contributed by atoms with Crippen LogP contribution < -0.4 is 9.80 Å². The lowest BCUT2D eigenvalue weighted by atomic mass is 10.0. The largest absolute Gasteiger partial charge is 0.365 e. The third-order valence-electron chi connectivity index (χ3n) is 6.50. The van der Waals surface area contributed by atoms with Crippen molar-refractivity contribution in [3.8, 4) is 0 Å². The maximum Gasteiger partial charge on any atom is 0.222 e. The Morgan fingerprint density at radius 1 is 0.935 bits per heavy atom. The summed E-state index contributed by atoms with van der Waals surface area (Å²) in [6, 6.07) is 15.1. The molecule has 3 heterocycles. The van der Waals surface area contributed by atoms with Crippen LogP contribution >= 0.6 is 0 Å². The van der Waals surface area contributed by atoms with Crippen LogP contribution in [0.3, 0.4) is 0 Å². The smallest absolute Gasteiger partial charge is 0.222 e. The molecule has 6 nitrogen and oxygen atoms in total. The molecule has 31 heavy (non-hydrogen) atoms. The molecule has 0 unspecified atom stereocenters. The summed E-state index contributed by atoms with van der Waals surface area (Å²) in [4.78, 5) is 28.5. The highest BCUT2D eigenvalue weighted by molar-refractivity contribution is 5.94. The van der Waals surface area contributed by atoms with Gasteiger partial charge < -0.3 is 14.7 Å². The molecule has 0 atom stereocenters. The van der Waals surface area contributed by atoms with Crippen LogP contribution in [0.5, 0.6) is 0 Å². The van der Waals surface area contributed by atoms with E-state index in [1.165, 1.54) is 22.0 Å². The Morgan fingerprint density at radius 2 is 1.71 bits per heavy atom. The predicted octanol–water partition coefficient (Wildman–Crippen LogP) is 3.56. The molecule has 0 N–H and O–H groups in total. The number of piperazine rings is 1. The zero-order chi connectivity index (χ0) is 21.4. The van der Waals surface area contributed by atoms with Crippen molar-refractivity contribution in [2.45, 2.75) is 33.2 Å². The molecule has 160 valence electrons. The van der Waals surface area contributed by atoms with Crippen molar-refractivity contribution in [1.82, 2.24) is 14.9 Å². The quantitative estimate of drug-likeness (QED) is 0.655. The Kier molecular flexibility index (Phi) is 5.22. The fourth-order valence-corrected chi connectivity index (χ4v) is 4.87. The third-order valence-corrected chi connectivity index (χ3v) is 6.50. The molecule has 1 fully saturated rings. The standard InChI is InChI=1S/C25H29N5O/c1-3-24(31)28-13-15-29(16-14-28)25-21-11-12-30(17-22(21)26-18(2)27-25)23-10-6-8-19-7-4-5-9-20(19)23/h4-10H,3,11-17H2,1-2H3. The van der Waals surface area contributed by atoms with E-state index in [2.05, 4.69) is 52.3 Å². The summed E-state index contributed by atoms with van der Waals surface area (Å²) >= 11 is 0. The first kappa shape index (κ1) is 19.8. The van der Waals surface area contributed by atoms with Gasteiger partial charge in [0.2, 0.25) is 5.91 Å². The lowest BCUT2D eigenvalue weighted by molar-refractivity contribution is -0.131. The average molecular weight is 416 g/mol. The van der Waals surface area contributed by atoms with Gasteiger partial charge in [-0.2, -0.15) is 0 Å². The summed E-state index contributed by atoms with van der Waals surface area (Å²) in [7, 11) is 0. The van der Waals surface area contributed by atoms with Crippen LogP contribution in [0.15, 0.2) is 42.5 Å². The summed E-state index contributed by atoms with van der Waals surface area (Å²) < 4.78 is 0. The van der Waals surface area contributed by atoms with Crippen LogP contribution in [0.1, 0.15) is 30.4 Å². The fraction of sp³-hybridized carbons (Fsp3) is 0.400. The van der Waals surface area contributed by atoms with Gasteiger partial charge in [0.15, 0.2) is 0 Å². The van der Waals surface area contributed by atoms with E-state index in [1.54, 1.807) is 0 Å². The maximum absolute atomic E-state index is 12.0. The first-order chi connectivity index (χ1) is 15.1. The molecule has 1 aromatic heterocycles. The third kappa shape index (κ3) is 3.71. The Labute approximate surface area is 183 Å². The highest BCUT2D eigenvalue weighted by atomic mass is 16.2. The number of hydrogen-bond donors (Lipinski definition) is 0. The van der Waals surface area contributed by atoms with Crippen molar-refractivity contribution in [2.75, 3.05) is 42.5 Å². The molecular formula is C25H29N5O. The normalized spacial score (nSPS) is 16.5. The Morgan fingerprint density at radius 3 is 2.52 bits per heavy atom. The van der Waals surface area contributed by atoms with E-state index in [1.807, 2.05) is 18.7 Å². The molecule has 2 aromatic carbocycles. The number of carbonyl (C=O) groups is 1. The van der Waals surface area contributed by atoms with Crippen molar-refractivity contribution in [3.63, 3.8) is 0 Å². The highest BCUT2D eigenvalue weighted by Crippen LogP contribution is 2.33. The molecule has 1 amide bonds. The highest BCUT2D eigenvalue weighted by Gasteiger charge is 2.28. The van der Waals surface area contributed by atoms with Gasteiger partial charge in [-0.15, -0.1) is 0 Å². The van der Waals surface area contributed by atoms with Crippen LogP contribution in [0.2, 0.25) is 0 Å². The number of aromatic nitrogens is 2. The van der Waals surface area contributed by atoms with Gasteiger partial charge >= 0.3 is 0 Å². The summed E-state index contributed by atoms with van der Waals surface area (Å²) in [6.07, 6.45) is 1.51. The second kappa shape index (κ2) is 8.17. The van der Waals surface area contributed by atoms with E-state index in [0.717, 1.165) is 63.0 Å². The van der Waals surface area contributed by atoms with Gasteiger partial charge in [-0.25, -0.2) is 9.97 Å². The Bertz CT molecular complexity index is 1110. The minimum atomic E-state index is 0.242. The maximum atomic E-state index is 12.0. The number of anilines is 2. The lowest BCUT2D eigenvalue weighted by Crippen LogP contribution is -2.49. The first-order valence-corrected chi connectivity index (χ1v) is 11.3. The van der Waals surface area contributed by atoms with Crippen molar-refractivity contribution in [1.29, 1.82) is 0 Å². The second-order valence-corrected chi connectivity index (χ2v) is 8.41. The van der Waals surface area contributed by atoms with Crippen molar-refractivity contribution >= 4 is 28.2 Å². The van der Waals surface area contributed by atoms with Gasteiger partial charge in [-0.3, -0.25) is 4.79 Å². The van der Waals surface area contributed by atoms with Crippen molar-refractivity contribution in [2.24, 2.45) is 0 Å². The van der Waals surface area contributed by atoms with Crippen molar-refractivity contribution in [3.05, 3.63) is 59.5 Å². The number of hydrogen-bond acceptors (Lipinski definition) is 5. The molecule has 0 saturated carbocycles. The molecule has 2 aliphatic heterocycles. The zero-order valence-electron chi connectivity index (χ0n) is 18.3. The number of carbonyl (C=O) groups excluding carboxylic acids is 1. The van der Waals surface area contributed by atoms with E-state index in [-0.39, 0.29) is 5.91 Å². The minimum Gasteiger partial charge on any atom is -0.365 e. The molecule has 0 spiro atoms. The van der Waals surface area contributed by atoms with Crippen LogP contribution in [-0.4, -0.2) is 53.5 Å². The topological polar surface area (TPSA) is 52.6 Å². The van der Waals surface area contributed by atoms with E-state index in [0.29, 0.717) is 6.42 Å². The second-order valence-electron chi connectivity index (χ2n) is 8.41. The van der Waals surface area contributed by atoms with Gasteiger partial charge in [0.05, 0.1) is 12.2 Å². The fourth-order valence-electron chi connectivity index (χ4n) is 4.87. The van der Waals surface area contributed by atoms with Gasteiger partial charge in [0, 0.05) is 55.8 Å². The number of benzene rings is 2. The van der Waals surface area contributed by atoms with Gasteiger partial charge in [0.1, 0.15) is 11.6 Å². The molecular weight excluding hydrogens is 386 g/mol. The molecule has 1 saturated heterocycles. The van der Waals surface area contributed by atoms with Gasteiger partial charge in [0.25, 0.3) is 0 Å². The number of fused-ring (bicyclic) bond motifs is 2. The van der Waals surface area contributed by atoms with Crippen LogP contribution in [0.4, 0.5) is 11.5 Å². The first-order valence-electron chi connectivity index (χ1n) is 11.3. The Hall–Kier alpha value is -3.15. The SMILES string of the molecule is CCC(=O)N1CCN(c2nc(C)nc3c2CCN(c2cccc4ccccc24)C3)CC1. The van der Waals surface area contributed by atoms with Crippen LogP contribution in [-0.2, 0) is 17.8 Å². The molecule has 3 aromatic rings. The average Bonchev–Trinajstić information content (AvgIpc) is 2.82. The molecule has 2 aliphatic rings. The summed E-state index contributed by atoms with van der Waals surface area (Å²) in [6.45, 7) is 8.88. The van der Waals surface area contributed by atoms with E-state index in [9.17, 15) is 4.79 Å². The number of aryl methyl sites for hydroxylation is 1. The van der Waals surface area contributed by atoms with Crippen LogP contribution in [0, 0.1) is 6.92 Å². The predicted molar refractivity (Wildman–Crippen MR) is 125 cm³/mol. The molecule has 0 aliphatic carbocycles. The van der Waals surface area contributed by atoms with E-state index < -0.39 is 0 Å². The molecule has 5 rings (SSSR count). The van der Waals surface area contributed by atoms with Crippen molar-refractivity contribution < 1.29 is 4.79 Å². The summed E-state index contributed by atoms with van der Waals surface area (Å²) in [5, 5.41) is 2.56. The summed E-state index contributed by atoms with van der Waals surface area (Å²) in [5.74, 6) is 2.13. The monoisotopic (exact) mass is 415 g/mol. The van der Waals surface area contributed by atoms with Gasteiger partial charge in [-0.05, 0) is 24.8 Å². The molecule has 0 radical (unpaired) electrons. The van der Waals surface area contributed by atoms with E-state index in [4.69, 9.17) is 9.97 Å². The minimum absolute atomic E-state index is 0.242.